The van der Waals surface area contributed by atoms with E-state index in [0.717, 1.165) is 25.7 Å². The van der Waals surface area contributed by atoms with Gasteiger partial charge in [0.15, 0.2) is 0 Å². The Bertz CT molecular complexity index is 530. The number of hydrogen-bond donors (Lipinski definition) is 2. The molecule has 0 unspecified atom stereocenters. The Kier molecular flexibility index (Phi) is 5.21. The molecule has 1 heterocycles. The molecule has 2 rings (SSSR count). The summed E-state index contributed by atoms with van der Waals surface area (Å²) < 4.78 is 4.87. The van der Waals surface area contributed by atoms with Gasteiger partial charge in [-0.3, -0.25) is 4.79 Å². The number of amides is 1. The molecule has 1 amide bonds. The maximum Gasteiger partial charge on any atom is 0.326 e. The van der Waals surface area contributed by atoms with E-state index in [1.54, 1.807) is 0 Å². The Labute approximate surface area is 130 Å². The van der Waals surface area contributed by atoms with E-state index in [2.05, 4.69) is 17.4 Å². The molecule has 1 aliphatic rings. The summed E-state index contributed by atoms with van der Waals surface area (Å²) in [7, 11) is 0. The first-order valence-corrected chi connectivity index (χ1v) is 7.88. The van der Waals surface area contributed by atoms with Crippen LogP contribution in [0.1, 0.15) is 68.4 Å². The Morgan fingerprint density at radius 1 is 1.32 bits per heavy atom. The number of aliphatic carboxylic acids is 1. The fraction of sp³-hybridized carbons (Fsp3) is 0.688. The van der Waals surface area contributed by atoms with Gasteiger partial charge < -0.3 is 14.9 Å². The predicted octanol–water partition coefficient (Wildman–Crippen LogP) is 2.81. The van der Waals surface area contributed by atoms with Crippen molar-refractivity contribution < 1.29 is 19.2 Å². The highest BCUT2D eigenvalue weighted by Gasteiger charge is 2.33. The molecule has 0 spiro atoms. The third-order valence-corrected chi connectivity index (χ3v) is 4.47. The summed E-state index contributed by atoms with van der Waals surface area (Å²) in [5, 5.41) is 16.0. The van der Waals surface area contributed by atoms with E-state index in [9.17, 15) is 14.7 Å². The van der Waals surface area contributed by atoms with Crippen LogP contribution in [0.3, 0.4) is 0 Å². The van der Waals surface area contributed by atoms with Crippen LogP contribution in [0.15, 0.2) is 10.8 Å². The molecule has 1 fully saturated rings. The van der Waals surface area contributed by atoms with Gasteiger partial charge in [-0.2, -0.15) is 0 Å². The second-order valence-electron chi connectivity index (χ2n) is 6.58. The van der Waals surface area contributed by atoms with Crippen molar-refractivity contribution in [3.8, 4) is 0 Å². The first-order valence-electron chi connectivity index (χ1n) is 7.88. The highest BCUT2D eigenvalue weighted by atomic mass is 16.5. The van der Waals surface area contributed by atoms with Crippen LogP contribution in [0, 0.1) is 11.8 Å². The van der Waals surface area contributed by atoms with E-state index in [-0.39, 0.29) is 11.8 Å². The first-order chi connectivity index (χ1) is 10.4. The van der Waals surface area contributed by atoms with Crippen LogP contribution in [0.5, 0.6) is 0 Å². The van der Waals surface area contributed by atoms with Gasteiger partial charge in [0.25, 0.3) is 5.91 Å². The summed E-state index contributed by atoms with van der Waals surface area (Å²) in [4.78, 5) is 23.9. The van der Waals surface area contributed by atoms with Crippen LogP contribution >= 0.6 is 0 Å². The largest absolute Gasteiger partial charge is 0.480 e. The Morgan fingerprint density at radius 2 is 1.95 bits per heavy atom. The lowest BCUT2D eigenvalue weighted by molar-refractivity contribution is -0.141. The minimum absolute atomic E-state index is 0.0139. The van der Waals surface area contributed by atoms with Gasteiger partial charge in [-0.1, -0.05) is 38.8 Å². The van der Waals surface area contributed by atoms with E-state index >= 15 is 0 Å². The smallest absolute Gasteiger partial charge is 0.326 e. The molecule has 0 aliphatic heterocycles. The molecule has 1 saturated carbocycles. The summed E-state index contributed by atoms with van der Waals surface area (Å²) in [5.74, 6) is -0.739. The lowest BCUT2D eigenvalue weighted by Gasteiger charge is -2.30. The van der Waals surface area contributed by atoms with Gasteiger partial charge >= 0.3 is 5.97 Å². The molecule has 2 N–H and O–H groups in total. The van der Waals surface area contributed by atoms with Crippen LogP contribution in [0.2, 0.25) is 0 Å². The fourth-order valence-corrected chi connectivity index (χ4v) is 3.05. The quantitative estimate of drug-likeness (QED) is 0.872. The number of hydrogen-bond acceptors (Lipinski definition) is 4. The molecule has 1 aromatic rings. The minimum atomic E-state index is -0.976. The zero-order chi connectivity index (χ0) is 16.3. The number of carbonyl (C=O) groups excluding carboxylic acids is 1. The van der Waals surface area contributed by atoms with E-state index in [0.29, 0.717) is 17.2 Å². The Hall–Kier alpha value is -1.85. The van der Waals surface area contributed by atoms with Crippen molar-refractivity contribution in [1.82, 2.24) is 10.5 Å². The van der Waals surface area contributed by atoms with Crippen molar-refractivity contribution in [2.75, 3.05) is 0 Å². The van der Waals surface area contributed by atoms with Crippen molar-refractivity contribution in [3.63, 3.8) is 0 Å². The number of carboxylic acids is 1. The van der Waals surface area contributed by atoms with Crippen molar-refractivity contribution in [3.05, 3.63) is 17.5 Å². The van der Waals surface area contributed by atoms with E-state index in [1.165, 1.54) is 6.26 Å². The average Bonchev–Trinajstić information content (AvgIpc) is 2.95. The molecule has 1 aliphatic carbocycles. The van der Waals surface area contributed by atoms with Crippen molar-refractivity contribution in [2.24, 2.45) is 11.8 Å². The molecule has 0 saturated heterocycles. The van der Waals surface area contributed by atoms with Gasteiger partial charge in [-0.05, 0) is 30.6 Å². The number of nitrogens with zero attached hydrogens (tertiary/aromatic N) is 1. The minimum Gasteiger partial charge on any atom is -0.480 e. The number of carbonyl (C=O) groups is 2. The third kappa shape index (κ3) is 3.67. The van der Waals surface area contributed by atoms with Crippen LogP contribution in [0.4, 0.5) is 0 Å². The number of aromatic nitrogens is 1. The molecule has 6 heteroatoms. The molecule has 122 valence electrons. The van der Waals surface area contributed by atoms with Gasteiger partial charge in [0, 0.05) is 0 Å². The maximum atomic E-state index is 12.4. The topological polar surface area (TPSA) is 92.4 Å². The van der Waals surface area contributed by atoms with E-state index < -0.39 is 17.9 Å². The molecule has 0 bridgehead atoms. The lowest BCUT2D eigenvalue weighted by Crippen LogP contribution is -2.47. The molecular weight excluding hydrogens is 284 g/mol. The van der Waals surface area contributed by atoms with Crippen molar-refractivity contribution in [2.45, 2.75) is 58.4 Å². The second kappa shape index (κ2) is 6.94. The fourth-order valence-electron chi connectivity index (χ4n) is 3.05. The lowest BCUT2D eigenvalue weighted by atomic mass is 9.79. The van der Waals surface area contributed by atoms with Crippen molar-refractivity contribution in [1.29, 1.82) is 0 Å². The highest BCUT2D eigenvalue weighted by molar-refractivity contribution is 5.97. The molecule has 0 radical (unpaired) electrons. The zero-order valence-electron chi connectivity index (χ0n) is 13.3. The van der Waals surface area contributed by atoms with Gasteiger partial charge in [0.05, 0.1) is 5.69 Å². The normalized spacial score (nSPS) is 23.3. The molecule has 22 heavy (non-hydrogen) atoms. The molecule has 1 aromatic heterocycles. The molecular formula is C16H24N2O4. The van der Waals surface area contributed by atoms with Gasteiger partial charge in [0.2, 0.25) is 0 Å². The van der Waals surface area contributed by atoms with Gasteiger partial charge in [-0.15, -0.1) is 0 Å². The van der Waals surface area contributed by atoms with Gasteiger partial charge in [-0.25, -0.2) is 4.79 Å². The predicted molar refractivity (Wildman–Crippen MR) is 80.6 cm³/mol. The number of rotatable bonds is 5. The summed E-state index contributed by atoms with van der Waals surface area (Å²) >= 11 is 0. The highest BCUT2D eigenvalue weighted by Crippen LogP contribution is 2.31. The Morgan fingerprint density at radius 3 is 2.50 bits per heavy atom. The van der Waals surface area contributed by atoms with E-state index in [1.807, 2.05) is 13.8 Å². The number of carboxylic acid groups (broad SMARTS) is 1. The average molecular weight is 308 g/mol. The SMILES string of the molecule is CC1CCC([C@H](NC(=O)c2conc2C(C)C)C(=O)O)CC1. The standard InChI is InChI=1S/C16H24N2O4/c1-9(2)13-12(8-22-18-13)15(19)17-14(16(20)21)11-6-4-10(3)5-7-11/h8-11,14H,4-7H2,1-3H3,(H,17,19)(H,20,21)/t10?,11?,14-/m0/s1. The Balaban J connectivity index is 2.09. The summed E-state index contributed by atoms with van der Waals surface area (Å²) in [6, 6.07) is -0.852. The van der Waals surface area contributed by atoms with Gasteiger partial charge in [0.1, 0.15) is 17.9 Å². The summed E-state index contributed by atoms with van der Waals surface area (Å²) in [6.07, 6.45) is 4.97. The zero-order valence-corrected chi connectivity index (χ0v) is 13.3. The maximum absolute atomic E-state index is 12.4. The first kappa shape index (κ1) is 16.5. The second-order valence-corrected chi connectivity index (χ2v) is 6.58. The summed E-state index contributed by atoms with van der Waals surface area (Å²) in [5.41, 5.74) is 0.879. The molecule has 6 nitrogen and oxygen atoms in total. The monoisotopic (exact) mass is 308 g/mol. The van der Waals surface area contributed by atoms with Crippen LogP contribution in [-0.2, 0) is 4.79 Å². The summed E-state index contributed by atoms with van der Waals surface area (Å²) in [6.45, 7) is 5.99. The number of nitrogens with one attached hydrogen (secondary N) is 1. The van der Waals surface area contributed by atoms with Crippen LogP contribution in [-0.4, -0.2) is 28.2 Å². The van der Waals surface area contributed by atoms with E-state index in [4.69, 9.17) is 4.52 Å². The van der Waals surface area contributed by atoms with Crippen LogP contribution in [0.25, 0.3) is 0 Å². The van der Waals surface area contributed by atoms with Crippen LogP contribution < -0.4 is 5.32 Å². The molecule has 1 atom stereocenters. The molecule has 0 aromatic carbocycles. The van der Waals surface area contributed by atoms with Crippen molar-refractivity contribution >= 4 is 11.9 Å². The third-order valence-electron chi connectivity index (χ3n) is 4.47.